The van der Waals surface area contributed by atoms with Crippen LogP contribution in [0.25, 0.3) is 0 Å². The first-order valence-corrected chi connectivity index (χ1v) is 4.45. The molecule has 3 N–H and O–H groups in total. The Morgan fingerprint density at radius 2 is 2.20 bits per heavy atom. The zero-order valence-electron chi connectivity index (χ0n) is 8.49. The van der Waals surface area contributed by atoms with E-state index in [4.69, 9.17) is 21.6 Å². The Labute approximate surface area is 88.6 Å². The molecule has 1 aromatic rings. The minimum Gasteiger partial charge on any atom is -0.504 e. The highest BCUT2D eigenvalue weighted by Gasteiger charge is 2.10. The Bertz CT molecular complexity index is 382. The zero-order valence-corrected chi connectivity index (χ0v) is 8.49. The third-order valence-electron chi connectivity index (χ3n) is 1.94. The minimum absolute atomic E-state index is 0.0165. The van der Waals surface area contributed by atoms with Crippen molar-refractivity contribution in [1.82, 2.24) is 0 Å². The Hall–Kier alpha value is -1.86. The molecule has 15 heavy (non-hydrogen) atoms. The van der Waals surface area contributed by atoms with Crippen molar-refractivity contribution < 1.29 is 14.6 Å². The summed E-state index contributed by atoms with van der Waals surface area (Å²) < 4.78 is 9.90. The average Bonchev–Trinajstić information content (AvgIpc) is 2.22. The molecular formula is C11H13NO3. The number of methoxy groups -OCH3 is 1. The first-order chi connectivity index (χ1) is 7.22. The zero-order chi connectivity index (χ0) is 11.3. The predicted octanol–water partition coefficient (Wildman–Crippen LogP) is 0.871. The van der Waals surface area contributed by atoms with Gasteiger partial charge in [0.1, 0.15) is 11.9 Å². The molecular weight excluding hydrogens is 194 g/mol. The first-order valence-electron chi connectivity index (χ1n) is 4.45. The van der Waals surface area contributed by atoms with Crippen LogP contribution < -0.4 is 15.2 Å². The minimum atomic E-state index is -0.0165. The van der Waals surface area contributed by atoms with E-state index >= 15 is 0 Å². The number of aromatic hydroxyl groups is 1. The summed E-state index contributed by atoms with van der Waals surface area (Å²) in [5, 5.41) is 9.55. The molecule has 0 aromatic heterocycles. The molecule has 0 aliphatic heterocycles. The van der Waals surface area contributed by atoms with E-state index in [1.807, 2.05) is 6.11 Å². The Kier molecular flexibility index (Phi) is 3.83. The fourth-order valence-electron chi connectivity index (χ4n) is 1.28. The first kappa shape index (κ1) is 11.2. The van der Waals surface area contributed by atoms with Gasteiger partial charge in [-0.15, -0.1) is 0 Å². The number of phenolic OH excluding ortho intramolecular Hbond substituents is 1. The smallest absolute Gasteiger partial charge is 0.185 e. The number of benzene rings is 1. The highest BCUT2D eigenvalue weighted by molar-refractivity contribution is 5.50. The molecule has 0 aliphatic carbocycles. The Balaban J connectivity index is 3.11. The van der Waals surface area contributed by atoms with Crippen molar-refractivity contribution in [1.29, 1.82) is 0 Å². The molecule has 80 valence electrons. The number of hydrogen-bond acceptors (Lipinski definition) is 4. The topological polar surface area (TPSA) is 64.7 Å². The number of ether oxygens (including phenoxy) is 2. The molecule has 1 aromatic carbocycles. The van der Waals surface area contributed by atoms with Gasteiger partial charge in [-0.2, -0.15) is 0 Å². The van der Waals surface area contributed by atoms with Gasteiger partial charge in [-0.1, -0.05) is 6.42 Å². The molecule has 0 atom stereocenters. The van der Waals surface area contributed by atoms with Gasteiger partial charge in [0.25, 0.3) is 0 Å². The predicted molar refractivity (Wildman–Crippen MR) is 56.9 cm³/mol. The lowest BCUT2D eigenvalue weighted by molar-refractivity contribution is 0.393. The van der Waals surface area contributed by atoms with Gasteiger partial charge in [-0.3, -0.25) is 0 Å². The van der Waals surface area contributed by atoms with E-state index in [0.29, 0.717) is 18.7 Å². The largest absolute Gasteiger partial charge is 0.504 e. The van der Waals surface area contributed by atoms with Gasteiger partial charge in [0.15, 0.2) is 11.5 Å². The number of nitrogens with two attached hydrogens (primary N) is 1. The van der Waals surface area contributed by atoms with Crippen LogP contribution in [-0.2, 0) is 6.42 Å². The molecule has 0 unspecified atom stereocenters. The maximum Gasteiger partial charge on any atom is 0.185 e. The molecule has 0 spiro atoms. The van der Waals surface area contributed by atoms with Crippen LogP contribution in [0, 0.1) is 12.5 Å². The van der Waals surface area contributed by atoms with E-state index in [1.165, 1.54) is 7.11 Å². The van der Waals surface area contributed by atoms with Crippen molar-refractivity contribution in [2.24, 2.45) is 5.73 Å². The van der Waals surface area contributed by atoms with E-state index in [0.717, 1.165) is 5.56 Å². The Morgan fingerprint density at radius 3 is 2.73 bits per heavy atom. The highest BCUT2D eigenvalue weighted by Crippen LogP contribution is 2.33. The molecule has 0 saturated carbocycles. The summed E-state index contributed by atoms with van der Waals surface area (Å²) in [6, 6.07) is 3.08. The van der Waals surface area contributed by atoms with Crippen molar-refractivity contribution in [2.75, 3.05) is 13.7 Å². The molecule has 0 amide bonds. The van der Waals surface area contributed by atoms with Gasteiger partial charge in [-0.05, 0) is 24.6 Å². The van der Waals surface area contributed by atoms with Crippen LogP contribution in [0.5, 0.6) is 17.2 Å². The average molecular weight is 207 g/mol. The van der Waals surface area contributed by atoms with Gasteiger partial charge in [0, 0.05) is 6.07 Å². The molecule has 0 bridgehead atoms. The lowest BCUT2D eigenvalue weighted by atomic mass is 10.1. The quantitative estimate of drug-likeness (QED) is 0.719. The normalized spacial score (nSPS) is 9.40. The fourth-order valence-corrected chi connectivity index (χ4v) is 1.28. The highest BCUT2D eigenvalue weighted by atomic mass is 16.5. The lowest BCUT2D eigenvalue weighted by Crippen LogP contribution is -2.04. The van der Waals surface area contributed by atoms with Crippen LogP contribution in [0.4, 0.5) is 0 Å². The molecule has 1 rings (SSSR count). The summed E-state index contributed by atoms with van der Waals surface area (Å²) in [6.45, 7) is 0.477. The second-order valence-electron chi connectivity index (χ2n) is 2.89. The number of rotatable bonds is 4. The van der Waals surface area contributed by atoms with Gasteiger partial charge >= 0.3 is 0 Å². The van der Waals surface area contributed by atoms with E-state index < -0.39 is 0 Å². The number of terminal acetylenes is 1. The van der Waals surface area contributed by atoms with E-state index in [2.05, 4.69) is 0 Å². The summed E-state index contributed by atoms with van der Waals surface area (Å²) in [6.07, 6.45) is 7.58. The van der Waals surface area contributed by atoms with Crippen LogP contribution in [0.3, 0.4) is 0 Å². The third kappa shape index (κ3) is 2.55. The second-order valence-corrected chi connectivity index (χ2v) is 2.89. The number of hydrogen-bond donors (Lipinski definition) is 2. The molecule has 0 heterocycles. The van der Waals surface area contributed by atoms with Crippen LogP contribution in [0.2, 0.25) is 0 Å². The monoisotopic (exact) mass is 207 g/mol. The molecule has 0 radical (unpaired) electrons. The van der Waals surface area contributed by atoms with Crippen molar-refractivity contribution in [3.63, 3.8) is 0 Å². The summed E-state index contributed by atoms with van der Waals surface area (Å²) in [5.74, 6) is 0.788. The van der Waals surface area contributed by atoms with Crippen LogP contribution in [-0.4, -0.2) is 18.8 Å². The summed E-state index contributed by atoms with van der Waals surface area (Å²) in [4.78, 5) is 0. The molecule has 0 fully saturated rings. The maximum atomic E-state index is 9.55. The van der Waals surface area contributed by atoms with Crippen molar-refractivity contribution >= 4 is 0 Å². The summed E-state index contributed by atoms with van der Waals surface area (Å²) in [5.41, 5.74) is 6.25. The molecule has 4 nitrogen and oxygen atoms in total. The van der Waals surface area contributed by atoms with E-state index in [9.17, 15) is 5.11 Å². The van der Waals surface area contributed by atoms with Gasteiger partial charge in [0.05, 0.1) is 7.11 Å². The van der Waals surface area contributed by atoms with Crippen molar-refractivity contribution in [3.05, 3.63) is 17.7 Å². The van der Waals surface area contributed by atoms with Crippen LogP contribution >= 0.6 is 0 Å². The van der Waals surface area contributed by atoms with Crippen LogP contribution in [0.1, 0.15) is 5.56 Å². The maximum absolute atomic E-state index is 9.55. The molecule has 4 heteroatoms. The summed E-state index contributed by atoms with van der Waals surface area (Å²) >= 11 is 0. The van der Waals surface area contributed by atoms with Crippen molar-refractivity contribution in [2.45, 2.75) is 6.42 Å². The van der Waals surface area contributed by atoms with Crippen molar-refractivity contribution in [3.8, 4) is 29.8 Å². The van der Waals surface area contributed by atoms with E-state index in [1.54, 1.807) is 12.1 Å². The molecule has 0 saturated heterocycles. The Morgan fingerprint density at radius 1 is 1.47 bits per heavy atom. The van der Waals surface area contributed by atoms with Gasteiger partial charge in [-0.25, -0.2) is 0 Å². The second kappa shape index (κ2) is 5.13. The van der Waals surface area contributed by atoms with E-state index in [-0.39, 0.29) is 11.5 Å². The van der Waals surface area contributed by atoms with Gasteiger partial charge in [0.2, 0.25) is 0 Å². The SMILES string of the molecule is C#COc1cc(OC)c(CCN)cc1O. The fraction of sp³-hybridized carbons (Fsp3) is 0.273. The molecule has 0 aliphatic rings. The summed E-state index contributed by atoms with van der Waals surface area (Å²) in [7, 11) is 1.53. The lowest BCUT2D eigenvalue weighted by Gasteiger charge is -2.10. The standard InChI is InChI=1S/C11H13NO3/c1-3-15-11-7-10(14-2)8(4-5-12)6-9(11)13/h1,6-7,13H,4-5,12H2,2H3. The number of phenols is 1. The van der Waals surface area contributed by atoms with Crippen LogP contribution in [0.15, 0.2) is 12.1 Å². The van der Waals surface area contributed by atoms with Gasteiger partial charge < -0.3 is 20.3 Å². The third-order valence-corrected chi connectivity index (χ3v) is 1.94.